The Morgan fingerprint density at radius 1 is 1.17 bits per heavy atom. The number of rotatable bonds is 5. The average Bonchev–Trinajstić information content (AvgIpc) is 3.30. The highest BCUT2D eigenvalue weighted by Gasteiger charge is 2.24. The second-order valence-corrected chi connectivity index (χ2v) is 9.07. The number of hydrogen-bond donors (Lipinski definition) is 3. The third kappa shape index (κ3) is 4.18. The predicted octanol–water partition coefficient (Wildman–Crippen LogP) is 4.54. The van der Waals surface area contributed by atoms with Crippen molar-refractivity contribution in [3.05, 3.63) is 76.5 Å². The first-order valence-corrected chi connectivity index (χ1v) is 10.4. The topological polar surface area (TPSA) is 68.4 Å². The second-order valence-electron chi connectivity index (χ2n) is 9.07. The van der Waals surface area contributed by atoms with Crippen LogP contribution in [0.3, 0.4) is 0 Å². The van der Waals surface area contributed by atoms with Crippen LogP contribution in [0.1, 0.15) is 48.7 Å². The summed E-state index contributed by atoms with van der Waals surface area (Å²) in [5, 5.41) is 9.94. The molecule has 1 aromatic heterocycles. The Morgan fingerprint density at radius 3 is 2.70 bits per heavy atom. The molecule has 0 spiro atoms. The Kier molecular flexibility index (Phi) is 5.50. The summed E-state index contributed by atoms with van der Waals surface area (Å²) >= 11 is 0. The van der Waals surface area contributed by atoms with E-state index in [4.69, 9.17) is 5.21 Å². The quantitative estimate of drug-likeness (QED) is 0.333. The van der Waals surface area contributed by atoms with Gasteiger partial charge in [-0.2, -0.15) is 0 Å². The number of carbonyl (C=O) groups excluding carboxylic acids is 1. The van der Waals surface area contributed by atoms with Gasteiger partial charge in [0.2, 0.25) is 0 Å². The fourth-order valence-corrected chi connectivity index (χ4v) is 4.33. The number of fused-ring (bicyclic) bond motifs is 2. The molecule has 1 aliphatic rings. The largest absolute Gasteiger partial charge is 0.358 e. The average molecular weight is 404 g/mol. The summed E-state index contributed by atoms with van der Waals surface area (Å²) in [6, 6.07) is 14.9. The number of nitrogens with one attached hydrogen (secondary N) is 2. The molecule has 4 rings (SSSR count). The van der Waals surface area contributed by atoms with Crippen LogP contribution in [0.25, 0.3) is 17.0 Å². The number of nitrogens with zero attached hydrogens (tertiary/aromatic N) is 1. The van der Waals surface area contributed by atoms with Crippen LogP contribution in [0.2, 0.25) is 0 Å². The molecule has 5 nitrogen and oxygen atoms in total. The third-order valence-electron chi connectivity index (χ3n) is 5.80. The lowest BCUT2D eigenvalue weighted by Gasteiger charge is -2.21. The van der Waals surface area contributed by atoms with Crippen molar-refractivity contribution in [1.82, 2.24) is 15.4 Å². The molecule has 0 saturated heterocycles. The lowest BCUT2D eigenvalue weighted by atomic mass is 9.88. The van der Waals surface area contributed by atoms with Crippen molar-refractivity contribution >= 4 is 22.9 Å². The lowest BCUT2D eigenvalue weighted by molar-refractivity contribution is -0.124. The van der Waals surface area contributed by atoms with E-state index >= 15 is 0 Å². The summed E-state index contributed by atoms with van der Waals surface area (Å²) in [6.07, 6.45) is 4.06. The zero-order chi connectivity index (χ0) is 21.3. The van der Waals surface area contributed by atoms with Gasteiger partial charge in [0.05, 0.1) is 0 Å². The molecule has 0 fully saturated rings. The minimum Gasteiger partial charge on any atom is -0.358 e. The number of hydrogen-bond acceptors (Lipinski definition) is 3. The van der Waals surface area contributed by atoms with Crippen molar-refractivity contribution in [1.29, 1.82) is 0 Å². The number of carbonyl (C=O) groups is 1. The molecule has 2 heterocycles. The van der Waals surface area contributed by atoms with Crippen LogP contribution in [0, 0.1) is 0 Å². The van der Waals surface area contributed by atoms with Crippen molar-refractivity contribution in [2.45, 2.75) is 45.7 Å². The van der Waals surface area contributed by atoms with Gasteiger partial charge in [-0.3, -0.25) is 14.9 Å². The van der Waals surface area contributed by atoms with Crippen LogP contribution in [0.15, 0.2) is 48.5 Å². The molecule has 3 aromatic rings. The molecule has 0 aliphatic carbocycles. The van der Waals surface area contributed by atoms with Gasteiger partial charge in [0.25, 0.3) is 5.91 Å². The molecular formula is C25H29N3O2. The van der Waals surface area contributed by atoms with E-state index in [1.165, 1.54) is 39.4 Å². The molecule has 1 aliphatic heterocycles. The van der Waals surface area contributed by atoms with E-state index in [1.807, 2.05) is 6.07 Å². The van der Waals surface area contributed by atoms with Crippen LogP contribution in [0.4, 0.5) is 0 Å². The van der Waals surface area contributed by atoms with Gasteiger partial charge < -0.3 is 4.98 Å². The van der Waals surface area contributed by atoms with Gasteiger partial charge in [-0.15, -0.1) is 0 Å². The molecular weight excluding hydrogens is 374 g/mol. The first kappa shape index (κ1) is 20.4. The van der Waals surface area contributed by atoms with E-state index in [2.05, 4.69) is 67.1 Å². The Balaban J connectivity index is 1.49. The molecule has 3 N–H and O–H groups in total. The lowest BCUT2D eigenvalue weighted by Crippen LogP contribution is -2.21. The van der Waals surface area contributed by atoms with Gasteiger partial charge in [0.15, 0.2) is 0 Å². The van der Waals surface area contributed by atoms with E-state index in [0.29, 0.717) is 0 Å². The zero-order valence-electron chi connectivity index (χ0n) is 17.8. The maximum atomic E-state index is 11.2. The molecule has 0 bridgehead atoms. The predicted molar refractivity (Wildman–Crippen MR) is 120 cm³/mol. The highest BCUT2D eigenvalue weighted by molar-refractivity contribution is 5.90. The van der Waals surface area contributed by atoms with Crippen molar-refractivity contribution in [3.8, 4) is 0 Å². The number of para-hydroxylation sites is 1. The van der Waals surface area contributed by atoms with Gasteiger partial charge in [-0.05, 0) is 40.8 Å². The molecule has 0 atom stereocenters. The first-order chi connectivity index (χ1) is 14.3. The Labute approximate surface area is 177 Å². The number of H-pyrrole nitrogens is 1. The molecule has 156 valence electrons. The van der Waals surface area contributed by atoms with Crippen LogP contribution in [0.5, 0.6) is 0 Å². The van der Waals surface area contributed by atoms with E-state index in [-0.39, 0.29) is 5.41 Å². The maximum absolute atomic E-state index is 11.2. The monoisotopic (exact) mass is 403 g/mol. The van der Waals surface area contributed by atoms with Gasteiger partial charge >= 0.3 is 0 Å². The minimum atomic E-state index is -0.523. The Bertz CT molecular complexity index is 1110. The number of benzene rings is 2. The van der Waals surface area contributed by atoms with Crippen LogP contribution >= 0.6 is 0 Å². The number of aromatic amines is 1. The SMILES string of the molecule is CC(C)(C)c1[nH]c2ccccc2c1CCN1Cc2ccc(C=CC(=O)NO)cc2C1. The fraction of sp³-hybridized carbons (Fsp3) is 0.320. The van der Waals surface area contributed by atoms with E-state index in [0.717, 1.165) is 31.6 Å². The summed E-state index contributed by atoms with van der Waals surface area (Å²) < 4.78 is 0. The fourth-order valence-electron chi connectivity index (χ4n) is 4.33. The van der Waals surface area contributed by atoms with Crippen molar-refractivity contribution in [2.24, 2.45) is 0 Å². The van der Waals surface area contributed by atoms with E-state index in [1.54, 1.807) is 11.6 Å². The Hall–Kier alpha value is -2.89. The third-order valence-corrected chi connectivity index (χ3v) is 5.80. The number of aromatic nitrogens is 1. The number of amides is 1. The molecule has 5 heteroatoms. The molecule has 30 heavy (non-hydrogen) atoms. The van der Waals surface area contributed by atoms with Crippen LogP contribution in [-0.2, 0) is 29.7 Å². The smallest absolute Gasteiger partial charge is 0.267 e. The highest BCUT2D eigenvalue weighted by atomic mass is 16.5. The molecule has 0 saturated carbocycles. The summed E-state index contributed by atoms with van der Waals surface area (Å²) in [7, 11) is 0. The Morgan fingerprint density at radius 2 is 1.93 bits per heavy atom. The van der Waals surface area contributed by atoms with Gasteiger partial charge in [-0.25, -0.2) is 5.48 Å². The highest BCUT2D eigenvalue weighted by Crippen LogP contribution is 2.32. The molecule has 1 amide bonds. The molecule has 0 unspecified atom stereocenters. The minimum absolute atomic E-state index is 0.0738. The maximum Gasteiger partial charge on any atom is 0.267 e. The summed E-state index contributed by atoms with van der Waals surface area (Å²) in [5.41, 5.74) is 9.26. The standard InChI is InChI=1S/C25H29N3O2/c1-25(2,3)24-21(20-6-4-5-7-22(20)26-24)12-13-28-15-18-10-8-17(14-19(18)16-28)9-11-23(29)27-30/h4-11,14,26,30H,12-13,15-16H2,1-3H3,(H,27,29). The summed E-state index contributed by atoms with van der Waals surface area (Å²) in [4.78, 5) is 17.3. The van der Waals surface area contributed by atoms with Crippen LogP contribution < -0.4 is 5.48 Å². The van der Waals surface area contributed by atoms with E-state index in [9.17, 15) is 4.79 Å². The summed E-state index contributed by atoms with van der Waals surface area (Å²) in [6.45, 7) is 9.65. The van der Waals surface area contributed by atoms with Gasteiger partial charge in [0.1, 0.15) is 0 Å². The number of hydroxylamine groups is 1. The second kappa shape index (κ2) is 8.09. The van der Waals surface area contributed by atoms with Crippen molar-refractivity contribution < 1.29 is 10.0 Å². The zero-order valence-corrected chi connectivity index (χ0v) is 17.8. The van der Waals surface area contributed by atoms with E-state index < -0.39 is 5.91 Å². The first-order valence-electron chi connectivity index (χ1n) is 10.4. The normalized spacial score (nSPS) is 14.5. The van der Waals surface area contributed by atoms with Crippen molar-refractivity contribution in [3.63, 3.8) is 0 Å². The van der Waals surface area contributed by atoms with Crippen molar-refractivity contribution in [2.75, 3.05) is 6.54 Å². The molecule has 0 radical (unpaired) electrons. The van der Waals surface area contributed by atoms with Gasteiger partial charge in [-0.1, -0.05) is 57.2 Å². The summed E-state index contributed by atoms with van der Waals surface area (Å²) in [5.74, 6) is -0.523. The van der Waals surface area contributed by atoms with Gasteiger partial charge in [0, 0.05) is 47.7 Å². The molecule has 2 aromatic carbocycles. The van der Waals surface area contributed by atoms with Crippen LogP contribution in [-0.4, -0.2) is 27.5 Å².